The van der Waals surface area contributed by atoms with Gasteiger partial charge in [0.2, 0.25) is 0 Å². The topological polar surface area (TPSA) is 29.5 Å². The molecule has 1 aromatic carbocycles. The van der Waals surface area contributed by atoms with Crippen molar-refractivity contribution in [1.29, 1.82) is 0 Å². The number of phenols is 1. The van der Waals surface area contributed by atoms with Crippen LogP contribution >= 0.6 is 0 Å². The summed E-state index contributed by atoms with van der Waals surface area (Å²) in [4.78, 5) is 0. The highest BCUT2D eigenvalue weighted by molar-refractivity contribution is 5.25. The van der Waals surface area contributed by atoms with Gasteiger partial charge in [0.05, 0.1) is 13.2 Å². The second kappa shape index (κ2) is 4.88. The molecular weight excluding hydrogens is 200 g/mol. The predicted molar refractivity (Wildman–Crippen MR) is 64.6 cm³/mol. The molecule has 0 bridgehead atoms. The minimum absolute atomic E-state index is 0.348. The summed E-state index contributed by atoms with van der Waals surface area (Å²) in [6.45, 7) is 4.14. The Bertz CT molecular complexity index is 320. The Morgan fingerprint density at radius 2 is 1.94 bits per heavy atom. The first-order valence-electron chi connectivity index (χ1n) is 6.10. The zero-order chi connectivity index (χ0) is 11.4. The van der Waals surface area contributed by atoms with Crippen LogP contribution in [-0.2, 0) is 11.2 Å². The Morgan fingerprint density at radius 1 is 1.25 bits per heavy atom. The highest BCUT2D eigenvalue weighted by atomic mass is 16.5. The first-order valence-corrected chi connectivity index (χ1v) is 6.10. The van der Waals surface area contributed by atoms with Crippen LogP contribution in [-0.4, -0.2) is 18.3 Å². The number of aromatic hydroxyl groups is 1. The van der Waals surface area contributed by atoms with Gasteiger partial charge in [-0.1, -0.05) is 19.1 Å². The summed E-state index contributed by atoms with van der Waals surface area (Å²) in [5.74, 6) is 0.348. The van der Waals surface area contributed by atoms with Crippen LogP contribution < -0.4 is 0 Å². The lowest BCUT2D eigenvalue weighted by Gasteiger charge is -2.41. The van der Waals surface area contributed by atoms with Gasteiger partial charge >= 0.3 is 0 Å². The Kier molecular flexibility index (Phi) is 3.49. The van der Waals surface area contributed by atoms with Crippen LogP contribution in [0.25, 0.3) is 0 Å². The average molecular weight is 220 g/mol. The van der Waals surface area contributed by atoms with E-state index in [0.717, 1.165) is 19.6 Å². The number of aryl methyl sites for hydroxylation is 1. The Labute approximate surface area is 97.3 Å². The summed E-state index contributed by atoms with van der Waals surface area (Å²) in [5.41, 5.74) is 1.78. The van der Waals surface area contributed by atoms with E-state index >= 15 is 0 Å². The third kappa shape index (κ3) is 2.56. The molecular formula is C14H20O2. The van der Waals surface area contributed by atoms with E-state index in [1.807, 2.05) is 12.1 Å². The second-order valence-electron chi connectivity index (χ2n) is 4.87. The molecule has 0 atom stereocenters. The highest BCUT2D eigenvalue weighted by Crippen LogP contribution is 2.36. The molecule has 0 amide bonds. The summed E-state index contributed by atoms with van der Waals surface area (Å²) < 4.78 is 5.31. The molecule has 1 N–H and O–H groups in total. The standard InChI is InChI=1S/C14H20O2/c1-2-14(10-16-11-14)9-3-4-12-5-7-13(15)8-6-12/h5-8,15H,2-4,9-11H2,1H3. The molecule has 2 nitrogen and oxygen atoms in total. The molecule has 0 aliphatic carbocycles. The molecule has 0 spiro atoms. The van der Waals surface area contributed by atoms with Crippen molar-refractivity contribution in [2.45, 2.75) is 32.6 Å². The van der Waals surface area contributed by atoms with Gasteiger partial charge in [0.1, 0.15) is 5.75 Å². The van der Waals surface area contributed by atoms with Crippen LogP contribution in [0, 0.1) is 5.41 Å². The number of rotatable bonds is 5. The van der Waals surface area contributed by atoms with Crippen LogP contribution in [0.15, 0.2) is 24.3 Å². The summed E-state index contributed by atoms with van der Waals surface area (Å²) in [6.07, 6.45) is 4.79. The second-order valence-corrected chi connectivity index (χ2v) is 4.87. The number of hydrogen-bond donors (Lipinski definition) is 1. The van der Waals surface area contributed by atoms with E-state index in [1.165, 1.54) is 24.8 Å². The monoisotopic (exact) mass is 220 g/mol. The maximum absolute atomic E-state index is 9.18. The number of ether oxygens (including phenoxy) is 1. The van der Waals surface area contributed by atoms with E-state index in [9.17, 15) is 5.11 Å². The van der Waals surface area contributed by atoms with Crippen molar-refractivity contribution in [3.63, 3.8) is 0 Å². The molecule has 1 fully saturated rings. The molecule has 0 saturated carbocycles. The zero-order valence-electron chi connectivity index (χ0n) is 9.91. The average Bonchev–Trinajstić information content (AvgIpc) is 2.25. The molecule has 0 unspecified atom stereocenters. The molecule has 1 aliphatic heterocycles. The Balaban J connectivity index is 1.77. The van der Waals surface area contributed by atoms with Crippen LogP contribution in [0.4, 0.5) is 0 Å². The van der Waals surface area contributed by atoms with Crippen LogP contribution in [0.2, 0.25) is 0 Å². The van der Waals surface area contributed by atoms with Gasteiger partial charge in [-0.25, -0.2) is 0 Å². The van der Waals surface area contributed by atoms with Gasteiger partial charge in [-0.2, -0.15) is 0 Å². The van der Waals surface area contributed by atoms with Crippen LogP contribution in [0.5, 0.6) is 5.75 Å². The van der Waals surface area contributed by atoms with E-state index < -0.39 is 0 Å². The summed E-state index contributed by atoms with van der Waals surface area (Å²) in [5, 5.41) is 9.18. The molecule has 2 rings (SSSR count). The van der Waals surface area contributed by atoms with Crippen molar-refractivity contribution >= 4 is 0 Å². The molecule has 0 radical (unpaired) electrons. The van der Waals surface area contributed by atoms with Gasteiger partial charge in [-0.15, -0.1) is 0 Å². The van der Waals surface area contributed by atoms with E-state index in [2.05, 4.69) is 6.92 Å². The minimum atomic E-state index is 0.348. The SMILES string of the molecule is CCC1(CCCc2ccc(O)cc2)COC1. The first-order chi connectivity index (χ1) is 7.74. The van der Waals surface area contributed by atoms with Crippen LogP contribution in [0.3, 0.4) is 0 Å². The fraction of sp³-hybridized carbons (Fsp3) is 0.571. The lowest BCUT2D eigenvalue weighted by molar-refractivity contribution is -0.120. The number of phenolic OH excluding ortho intramolecular Hbond substituents is 1. The van der Waals surface area contributed by atoms with Gasteiger partial charge in [0.15, 0.2) is 0 Å². The molecule has 1 aliphatic rings. The molecule has 0 aromatic heterocycles. The van der Waals surface area contributed by atoms with Gasteiger partial charge in [-0.3, -0.25) is 0 Å². The van der Waals surface area contributed by atoms with E-state index in [1.54, 1.807) is 12.1 Å². The van der Waals surface area contributed by atoms with E-state index in [0.29, 0.717) is 11.2 Å². The zero-order valence-corrected chi connectivity index (χ0v) is 9.91. The maximum atomic E-state index is 9.18. The van der Waals surface area contributed by atoms with Crippen molar-refractivity contribution in [2.24, 2.45) is 5.41 Å². The van der Waals surface area contributed by atoms with Crippen LogP contribution in [0.1, 0.15) is 31.7 Å². The molecule has 1 heterocycles. The third-order valence-corrected chi connectivity index (χ3v) is 3.68. The Morgan fingerprint density at radius 3 is 2.44 bits per heavy atom. The molecule has 16 heavy (non-hydrogen) atoms. The van der Waals surface area contributed by atoms with Crippen molar-refractivity contribution in [3.8, 4) is 5.75 Å². The smallest absolute Gasteiger partial charge is 0.115 e. The normalized spacial score (nSPS) is 18.1. The minimum Gasteiger partial charge on any atom is -0.508 e. The largest absolute Gasteiger partial charge is 0.508 e. The van der Waals surface area contributed by atoms with Gasteiger partial charge in [0, 0.05) is 5.41 Å². The molecule has 1 saturated heterocycles. The molecule has 2 heteroatoms. The van der Waals surface area contributed by atoms with Gasteiger partial charge < -0.3 is 9.84 Å². The van der Waals surface area contributed by atoms with Crippen molar-refractivity contribution in [2.75, 3.05) is 13.2 Å². The fourth-order valence-electron chi connectivity index (χ4n) is 2.25. The summed E-state index contributed by atoms with van der Waals surface area (Å²) in [6, 6.07) is 7.53. The Hall–Kier alpha value is -1.02. The van der Waals surface area contributed by atoms with E-state index in [4.69, 9.17) is 4.74 Å². The highest BCUT2D eigenvalue weighted by Gasteiger charge is 2.35. The van der Waals surface area contributed by atoms with Crippen molar-refractivity contribution in [1.82, 2.24) is 0 Å². The van der Waals surface area contributed by atoms with Crippen molar-refractivity contribution < 1.29 is 9.84 Å². The quantitative estimate of drug-likeness (QED) is 0.826. The van der Waals surface area contributed by atoms with Gasteiger partial charge in [-0.05, 0) is 43.4 Å². The van der Waals surface area contributed by atoms with E-state index in [-0.39, 0.29) is 0 Å². The summed E-state index contributed by atoms with van der Waals surface area (Å²) >= 11 is 0. The lowest BCUT2D eigenvalue weighted by atomic mass is 9.78. The maximum Gasteiger partial charge on any atom is 0.115 e. The summed E-state index contributed by atoms with van der Waals surface area (Å²) in [7, 11) is 0. The molecule has 88 valence electrons. The van der Waals surface area contributed by atoms with Gasteiger partial charge in [0.25, 0.3) is 0 Å². The lowest BCUT2D eigenvalue weighted by Crippen LogP contribution is -2.41. The number of benzene rings is 1. The number of hydrogen-bond acceptors (Lipinski definition) is 2. The third-order valence-electron chi connectivity index (χ3n) is 3.68. The first kappa shape index (κ1) is 11.5. The predicted octanol–water partition coefficient (Wildman–Crippen LogP) is 3.14. The van der Waals surface area contributed by atoms with Crippen molar-refractivity contribution in [3.05, 3.63) is 29.8 Å². The fourth-order valence-corrected chi connectivity index (χ4v) is 2.25. The molecule has 1 aromatic rings.